The van der Waals surface area contributed by atoms with Gasteiger partial charge in [0.2, 0.25) is 0 Å². The number of carbonyl (C=O) groups is 2. The minimum atomic E-state index is -0.518. The number of hydrogen-bond acceptors (Lipinski definition) is 5. The Balaban J connectivity index is 3.96. The van der Waals surface area contributed by atoms with Crippen molar-refractivity contribution in [3.63, 3.8) is 0 Å². The van der Waals surface area contributed by atoms with E-state index in [9.17, 15) is 9.59 Å². The zero-order chi connectivity index (χ0) is 36.4. The zero-order valence-corrected chi connectivity index (χ0v) is 34.2. The van der Waals surface area contributed by atoms with Crippen molar-refractivity contribution in [1.82, 2.24) is 0 Å². The van der Waals surface area contributed by atoms with Crippen LogP contribution in [0.5, 0.6) is 0 Å². The normalized spacial score (nSPS) is 12.0. The van der Waals surface area contributed by atoms with Gasteiger partial charge in [-0.3, -0.25) is 9.59 Å². The third-order valence-electron chi connectivity index (χ3n) is 10.1. The van der Waals surface area contributed by atoms with Crippen molar-refractivity contribution in [3.8, 4) is 0 Å². The highest BCUT2D eigenvalue weighted by Crippen LogP contribution is 2.16. The van der Waals surface area contributed by atoms with Gasteiger partial charge in [-0.05, 0) is 19.3 Å². The molecule has 0 heterocycles. The summed E-state index contributed by atoms with van der Waals surface area (Å²) in [6, 6.07) is 0. The standard InChI is InChI=1S/C45H88O5/c1-4-7-10-13-16-18-19-20-21-22-23-24-25-26-27-29-30-32-35-38-44(46)49-42-43(41-48-40-37-34-15-12-9-6-3)50-45(47)39-36-33-31-28-17-14-11-8-5-2/h43H,4-42H2,1-3H3. The van der Waals surface area contributed by atoms with Crippen LogP contribution in [0.1, 0.15) is 252 Å². The van der Waals surface area contributed by atoms with Gasteiger partial charge in [-0.15, -0.1) is 0 Å². The topological polar surface area (TPSA) is 61.8 Å². The van der Waals surface area contributed by atoms with Crippen molar-refractivity contribution >= 4 is 11.9 Å². The molecule has 1 unspecified atom stereocenters. The van der Waals surface area contributed by atoms with Gasteiger partial charge in [0.05, 0.1) is 6.61 Å². The zero-order valence-electron chi connectivity index (χ0n) is 34.2. The Hall–Kier alpha value is -1.10. The molecule has 0 aromatic heterocycles. The van der Waals surface area contributed by atoms with Crippen LogP contribution in [0.25, 0.3) is 0 Å². The molecule has 0 fully saturated rings. The molecule has 0 saturated carbocycles. The molecule has 0 radical (unpaired) electrons. The van der Waals surface area contributed by atoms with Crippen molar-refractivity contribution in [2.45, 2.75) is 258 Å². The molecule has 0 amide bonds. The third kappa shape index (κ3) is 39.7. The number of unbranched alkanes of at least 4 members (excludes halogenated alkanes) is 31. The van der Waals surface area contributed by atoms with Gasteiger partial charge in [0.25, 0.3) is 0 Å². The second kappa shape index (κ2) is 42.3. The monoisotopic (exact) mass is 709 g/mol. The molecule has 0 aromatic carbocycles. The largest absolute Gasteiger partial charge is 0.462 e. The van der Waals surface area contributed by atoms with Crippen molar-refractivity contribution < 1.29 is 23.8 Å². The van der Waals surface area contributed by atoms with E-state index in [0.29, 0.717) is 26.1 Å². The van der Waals surface area contributed by atoms with Crippen LogP contribution in [-0.2, 0) is 23.8 Å². The Kier molecular flexibility index (Phi) is 41.4. The Labute approximate surface area is 312 Å². The first kappa shape index (κ1) is 48.9. The van der Waals surface area contributed by atoms with E-state index in [1.807, 2.05) is 0 Å². The van der Waals surface area contributed by atoms with Gasteiger partial charge in [0, 0.05) is 19.4 Å². The van der Waals surface area contributed by atoms with E-state index in [-0.39, 0.29) is 18.5 Å². The van der Waals surface area contributed by atoms with Crippen LogP contribution >= 0.6 is 0 Å². The Morgan fingerprint density at radius 1 is 0.360 bits per heavy atom. The van der Waals surface area contributed by atoms with Gasteiger partial charge in [-0.25, -0.2) is 0 Å². The molecule has 1 atom stereocenters. The average molecular weight is 709 g/mol. The summed E-state index contributed by atoms with van der Waals surface area (Å²) < 4.78 is 17.2. The molecule has 5 heteroatoms. The SMILES string of the molecule is CCCCCCCCCCCCCCCCCCCCCC(=O)OCC(COCCCCCCCC)OC(=O)CCCCCCCCCCC. The minimum Gasteiger partial charge on any atom is -0.462 e. The first-order chi connectivity index (χ1) is 24.6. The first-order valence-electron chi connectivity index (χ1n) is 22.6. The predicted molar refractivity (Wildman–Crippen MR) is 215 cm³/mol. The number of ether oxygens (including phenoxy) is 3. The summed E-state index contributed by atoms with van der Waals surface area (Å²) in [5.41, 5.74) is 0. The molecule has 0 aromatic rings. The molecule has 0 spiro atoms. The Bertz CT molecular complexity index is 680. The lowest BCUT2D eigenvalue weighted by atomic mass is 10.0. The maximum atomic E-state index is 12.6. The molecule has 0 aliphatic carbocycles. The molecule has 0 rings (SSSR count). The highest BCUT2D eigenvalue weighted by atomic mass is 16.6. The van der Waals surface area contributed by atoms with Crippen LogP contribution in [0.2, 0.25) is 0 Å². The van der Waals surface area contributed by atoms with E-state index in [2.05, 4.69) is 20.8 Å². The molecule has 0 N–H and O–H groups in total. The van der Waals surface area contributed by atoms with Gasteiger partial charge in [0.15, 0.2) is 6.10 Å². The van der Waals surface area contributed by atoms with Gasteiger partial charge >= 0.3 is 11.9 Å². The molecule has 298 valence electrons. The van der Waals surface area contributed by atoms with Gasteiger partial charge < -0.3 is 14.2 Å². The summed E-state index contributed by atoms with van der Waals surface area (Å²) in [5, 5.41) is 0. The Morgan fingerprint density at radius 2 is 0.660 bits per heavy atom. The van der Waals surface area contributed by atoms with E-state index >= 15 is 0 Å². The lowest BCUT2D eigenvalue weighted by Gasteiger charge is -2.18. The number of rotatable bonds is 42. The van der Waals surface area contributed by atoms with Crippen molar-refractivity contribution in [2.75, 3.05) is 19.8 Å². The van der Waals surface area contributed by atoms with Crippen molar-refractivity contribution in [1.29, 1.82) is 0 Å². The lowest BCUT2D eigenvalue weighted by Crippen LogP contribution is -2.30. The van der Waals surface area contributed by atoms with E-state index in [4.69, 9.17) is 14.2 Å². The molecular weight excluding hydrogens is 620 g/mol. The highest BCUT2D eigenvalue weighted by molar-refractivity contribution is 5.70. The van der Waals surface area contributed by atoms with Gasteiger partial charge in [-0.1, -0.05) is 220 Å². The summed E-state index contributed by atoms with van der Waals surface area (Å²) >= 11 is 0. The van der Waals surface area contributed by atoms with Crippen LogP contribution in [0.15, 0.2) is 0 Å². The van der Waals surface area contributed by atoms with Crippen molar-refractivity contribution in [2.24, 2.45) is 0 Å². The summed E-state index contributed by atoms with van der Waals surface area (Å²) in [5.74, 6) is -0.385. The molecule has 0 aliphatic rings. The fourth-order valence-corrected chi connectivity index (χ4v) is 6.75. The quantitative estimate of drug-likeness (QED) is 0.0466. The van der Waals surface area contributed by atoms with Crippen LogP contribution in [0.3, 0.4) is 0 Å². The first-order valence-corrected chi connectivity index (χ1v) is 22.6. The van der Waals surface area contributed by atoms with E-state index < -0.39 is 6.10 Å². The third-order valence-corrected chi connectivity index (χ3v) is 10.1. The van der Waals surface area contributed by atoms with Crippen LogP contribution in [0, 0.1) is 0 Å². The van der Waals surface area contributed by atoms with Crippen LogP contribution in [0.4, 0.5) is 0 Å². The Morgan fingerprint density at radius 3 is 1.02 bits per heavy atom. The van der Waals surface area contributed by atoms with E-state index in [1.165, 1.54) is 180 Å². The molecule has 0 aliphatic heterocycles. The maximum absolute atomic E-state index is 12.6. The average Bonchev–Trinajstić information content (AvgIpc) is 3.11. The summed E-state index contributed by atoms with van der Waals surface area (Å²) in [6.45, 7) is 7.82. The van der Waals surface area contributed by atoms with E-state index in [1.54, 1.807) is 0 Å². The number of carbonyl (C=O) groups excluding carboxylic acids is 2. The molecule has 0 saturated heterocycles. The summed E-state index contributed by atoms with van der Waals surface area (Å²) in [6.07, 6.45) is 44.0. The lowest BCUT2D eigenvalue weighted by molar-refractivity contribution is -0.163. The molecule has 0 bridgehead atoms. The molecule has 5 nitrogen and oxygen atoms in total. The molecular formula is C45H88O5. The second-order valence-corrected chi connectivity index (χ2v) is 15.3. The van der Waals surface area contributed by atoms with Crippen LogP contribution in [-0.4, -0.2) is 37.9 Å². The van der Waals surface area contributed by atoms with E-state index in [0.717, 1.165) is 38.5 Å². The predicted octanol–water partition coefficient (Wildman–Crippen LogP) is 14.6. The second-order valence-electron chi connectivity index (χ2n) is 15.3. The van der Waals surface area contributed by atoms with Gasteiger partial charge in [0.1, 0.15) is 6.61 Å². The maximum Gasteiger partial charge on any atom is 0.306 e. The number of esters is 2. The van der Waals surface area contributed by atoms with Gasteiger partial charge in [-0.2, -0.15) is 0 Å². The minimum absolute atomic E-state index is 0.0952. The smallest absolute Gasteiger partial charge is 0.306 e. The summed E-state index contributed by atoms with van der Waals surface area (Å²) in [7, 11) is 0. The fourth-order valence-electron chi connectivity index (χ4n) is 6.75. The highest BCUT2D eigenvalue weighted by Gasteiger charge is 2.17. The summed E-state index contributed by atoms with van der Waals surface area (Å²) in [4.78, 5) is 25.1. The van der Waals surface area contributed by atoms with Crippen molar-refractivity contribution in [3.05, 3.63) is 0 Å². The molecule has 50 heavy (non-hydrogen) atoms. The fraction of sp³-hybridized carbons (Fsp3) is 0.956. The van der Waals surface area contributed by atoms with Crippen LogP contribution < -0.4 is 0 Å². The number of hydrogen-bond donors (Lipinski definition) is 0.